The van der Waals surface area contributed by atoms with Gasteiger partial charge in [-0.2, -0.15) is 18.3 Å². The zero-order valence-electron chi connectivity index (χ0n) is 20.4. The van der Waals surface area contributed by atoms with Crippen molar-refractivity contribution in [2.24, 2.45) is 23.3 Å². The van der Waals surface area contributed by atoms with Crippen LogP contribution in [0.3, 0.4) is 0 Å². The number of hydrogen-bond donors (Lipinski definition) is 3. The zero-order chi connectivity index (χ0) is 27.8. The highest BCUT2D eigenvalue weighted by Crippen LogP contribution is 2.61. The minimum Gasteiger partial charge on any atom is -0.401 e. The SMILES string of the molecule is C#C.CC1C2CC(/C=C(\N)c3c(F)cccc3F)=C(N)[C@@]1(c1cccc(-c3n[nH]c(CC(F)(F)F)n3)n1)C2. The Labute approximate surface area is 216 Å². The topological polar surface area (TPSA) is 106 Å². The first-order valence-electron chi connectivity index (χ1n) is 11.7. The summed E-state index contributed by atoms with van der Waals surface area (Å²) in [5.41, 5.74) is 13.9. The molecule has 1 aromatic carbocycles. The fraction of sp³-hybridized carbons (Fsp3) is 0.296. The van der Waals surface area contributed by atoms with E-state index in [-0.39, 0.29) is 34.7 Å². The van der Waals surface area contributed by atoms with Gasteiger partial charge in [0.25, 0.3) is 0 Å². The third kappa shape index (κ3) is 4.62. The predicted molar refractivity (Wildman–Crippen MR) is 133 cm³/mol. The average molecular weight is 529 g/mol. The Bertz CT molecular complexity index is 1420. The van der Waals surface area contributed by atoms with Crippen LogP contribution in [-0.4, -0.2) is 26.3 Å². The Morgan fingerprint density at radius 1 is 1.13 bits per heavy atom. The zero-order valence-corrected chi connectivity index (χ0v) is 20.4. The summed E-state index contributed by atoms with van der Waals surface area (Å²) in [5.74, 6) is -1.41. The van der Waals surface area contributed by atoms with Gasteiger partial charge in [-0.1, -0.05) is 19.1 Å². The molecule has 3 atom stereocenters. The summed E-state index contributed by atoms with van der Waals surface area (Å²) in [5, 5.41) is 6.21. The van der Waals surface area contributed by atoms with Gasteiger partial charge in [0.05, 0.1) is 16.7 Å². The van der Waals surface area contributed by atoms with Crippen LogP contribution in [0.1, 0.15) is 36.8 Å². The lowest BCUT2D eigenvalue weighted by Gasteiger charge is -2.58. The van der Waals surface area contributed by atoms with E-state index in [4.69, 9.17) is 11.5 Å². The average Bonchev–Trinajstić information content (AvgIpc) is 3.32. The minimum atomic E-state index is -4.42. The molecule has 5 N–H and O–H groups in total. The van der Waals surface area contributed by atoms with E-state index in [2.05, 4.69) is 39.9 Å². The number of halogens is 5. The van der Waals surface area contributed by atoms with Crippen molar-refractivity contribution in [1.29, 1.82) is 0 Å². The number of alkyl halides is 3. The molecule has 0 aliphatic heterocycles. The fourth-order valence-electron chi connectivity index (χ4n) is 5.43. The van der Waals surface area contributed by atoms with Gasteiger partial charge in [-0.15, -0.1) is 12.8 Å². The monoisotopic (exact) mass is 528 g/mol. The number of nitrogens with one attached hydrogen (secondary N) is 1. The van der Waals surface area contributed by atoms with Crippen LogP contribution in [0.5, 0.6) is 0 Å². The molecule has 6 nitrogen and oxygen atoms in total. The number of rotatable bonds is 5. The number of terminal acetylenes is 1. The third-order valence-electron chi connectivity index (χ3n) is 7.29. The summed E-state index contributed by atoms with van der Waals surface area (Å²) < 4.78 is 66.6. The number of H-pyrrole nitrogens is 1. The maximum Gasteiger partial charge on any atom is 0.396 e. The lowest BCUT2D eigenvalue weighted by molar-refractivity contribution is -0.128. The number of pyridine rings is 1. The maximum absolute atomic E-state index is 14.2. The number of nitrogens with zero attached hydrogens (tertiary/aromatic N) is 3. The molecule has 3 aromatic rings. The van der Waals surface area contributed by atoms with Crippen LogP contribution in [0, 0.1) is 36.3 Å². The molecule has 2 heterocycles. The second-order valence-corrected chi connectivity index (χ2v) is 9.37. The first kappa shape index (κ1) is 26.9. The second kappa shape index (κ2) is 9.93. The van der Waals surface area contributed by atoms with Crippen LogP contribution in [0.4, 0.5) is 22.0 Å². The number of aromatic nitrogens is 4. The van der Waals surface area contributed by atoms with E-state index < -0.39 is 29.6 Å². The number of nitrogens with two attached hydrogens (primary N) is 2. The lowest BCUT2D eigenvalue weighted by Crippen LogP contribution is -2.57. The molecule has 0 saturated heterocycles. The molecule has 3 aliphatic carbocycles. The lowest BCUT2D eigenvalue weighted by atomic mass is 9.46. The fourth-order valence-corrected chi connectivity index (χ4v) is 5.43. The number of allylic oxidation sites excluding steroid dienone is 3. The summed E-state index contributed by atoms with van der Waals surface area (Å²) in [6.07, 6.45) is 5.20. The predicted octanol–water partition coefficient (Wildman–Crippen LogP) is 5.01. The van der Waals surface area contributed by atoms with Gasteiger partial charge in [-0.05, 0) is 60.6 Å². The number of aromatic amines is 1. The van der Waals surface area contributed by atoms with Crippen molar-refractivity contribution in [3.8, 4) is 24.4 Å². The Hall–Kier alpha value is -4.20. The molecule has 1 fully saturated rings. The van der Waals surface area contributed by atoms with Gasteiger partial charge in [0.2, 0.25) is 0 Å². The molecule has 198 valence electrons. The summed E-state index contributed by atoms with van der Waals surface area (Å²) in [4.78, 5) is 8.62. The molecule has 2 unspecified atom stereocenters. The molecule has 2 bridgehead atoms. The van der Waals surface area contributed by atoms with Gasteiger partial charge >= 0.3 is 6.18 Å². The molecule has 0 radical (unpaired) electrons. The van der Waals surface area contributed by atoms with Gasteiger partial charge in [0, 0.05) is 11.4 Å². The Kier molecular flexibility index (Phi) is 7.02. The standard InChI is InChI=1S/C25H23F5N6.C2H2/c1-12-14-8-13(9-17(31)21-15(26)4-2-5-16(21)27)22(32)24(12,10-14)19-7-3-6-18(33-19)23-34-20(35-36-23)11-25(28,29)30;1-2/h2-7,9,12,14H,8,10-11,31-32H2,1H3,(H,34,35,36);1-2H/b17-9-;/t12?,14?,24-;/m0./s1. The summed E-state index contributed by atoms with van der Waals surface area (Å²) in [6.45, 7) is 2.06. The van der Waals surface area contributed by atoms with Gasteiger partial charge in [-0.25, -0.2) is 18.7 Å². The van der Waals surface area contributed by atoms with E-state index in [0.717, 1.165) is 18.6 Å². The molecule has 0 amide bonds. The Morgan fingerprint density at radius 2 is 1.79 bits per heavy atom. The van der Waals surface area contributed by atoms with Crippen molar-refractivity contribution in [3.05, 3.63) is 82.5 Å². The van der Waals surface area contributed by atoms with Crippen LogP contribution in [0.15, 0.2) is 53.7 Å². The molecule has 2 aromatic heterocycles. The largest absolute Gasteiger partial charge is 0.401 e. The van der Waals surface area contributed by atoms with Crippen LogP contribution in [-0.2, 0) is 11.8 Å². The maximum atomic E-state index is 14.2. The number of benzene rings is 1. The van der Waals surface area contributed by atoms with Crippen LogP contribution in [0.2, 0.25) is 0 Å². The highest BCUT2D eigenvalue weighted by Gasteiger charge is 2.58. The summed E-state index contributed by atoms with van der Waals surface area (Å²) >= 11 is 0. The van der Waals surface area contributed by atoms with E-state index in [1.807, 2.05) is 0 Å². The van der Waals surface area contributed by atoms with E-state index in [1.54, 1.807) is 18.2 Å². The van der Waals surface area contributed by atoms with Crippen molar-refractivity contribution in [2.75, 3.05) is 0 Å². The van der Waals surface area contributed by atoms with Crippen LogP contribution >= 0.6 is 0 Å². The quantitative estimate of drug-likeness (QED) is 0.319. The molecule has 6 rings (SSSR count). The number of hydrogen-bond acceptors (Lipinski definition) is 5. The van der Waals surface area contributed by atoms with Crippen LogP contribution < -0.4 is 11.5 Å². The van der Waals surface area contributed by atoms with Crippen LogP contribution in [0.25, 0.3) is 17.2 Å². The highest BCUT2D eigenvalue weighted by atomic mass is 19.4. The van der Waals surface area contributed by atoms with Crippen molar-refractivity contribution < 1.29 is 22.0 Å². The smallest absolute Gasteiger partial charge is 0.396 e. The molecule has 3 aliphatic rings. The van der Waals surface area contributed by atoms with Gasteiger partial charge in [0.1, 0.15) is 29.6 Å². The first-order chi connectivity index (χ1) is 18.0. The van der Waals surface area contributed by atoms with E-state index in [9.17, 15) is 22.0 Å². The summed E-state index contributed by atoms with van der Waals surface area (Å²) in [7, 11) is 0. The molecule has 0 spiro atoms. The number of fused-ring (bicyclic) bond motifs is 1. The van der Waals surface area contributed by atoms with Crippen molar-refractivity contribution >= 4 is 5.70 Å². The van der Waals surface area contributed by atoms with Gasteiger partial charge < -0.3 is 11.5 Å². The normalized spacial score (nSPS) is 22.9. The van der Waals surface area contributed by atoms with Gasteiger partial charge in [-0.3, -0.25) is 5.10 Å². The van der Waals surface area contributed by atoms with Crippen molar-refractivity contribution in [1.82, 2.24) is 20.2 Å². The molecule has 38 heavy (non-hydrogen) atoms. The highest BCUT2D eigenvalue weighted by molar-refractivity contribution is 5.67. The van der Waals surface area contributed by atoms with Crippen molar-refractivity contribution in [3.63, 3.8) is 0 Å². The molecule has 11 heteroatoms. The Balaban J connectivity index is 0.00000164. The first-order valence-corrected chi connectivity index (χ1v) is 11.7. The molecular weight excluding hydrogens is 503 g/mol. The third-order valence-corrected chi connectivity index (χ3v) is 7.29. The second-order valence-electron chi connectivity index (χ2n) is 9.37. The van der Waals surface area contributed by atoms with E-state index >= 15 is 0 Å². The summed E-state index contributed by atoms with van der Waals surface area (Å²) in [6, 6.07) is 8.69. The molecule has 1 saturated carbocycles. The van der Waals surface area contributed by atoms with Gasteiger partial charge in [0.15, 0.2) is 5.82 Å². The van der Waals surface area contributed by atoms with E-state index in [0.29, 0.717) is 29.1 Å². The Morgan fingerprint density at radius 3 is 2.42 bits per heavy atom. The minimum absolute atomic E-state index is 0.0498. The van der Waals surface area contributed by atoms with E-state index in [1.165, 1.54) is 12.1 Å². The van der Waals surface area contributed by atoms with Crippen molar-refractivity contribution in [2.45, 2.75) is 37.8 Å². The molecular formula is C27H25F5N6.